The summed E-state index contributed by atoms with van der Waals surface area (Å²) < 4.78 is 1.81. The molecular weight excluding hydrogens is 362 g/mol. The monoisotopic (exact) mass is 379 g/mol. The Morgan fingerprint density at radius 1 is 1.15 bits per heavy atom. The molecule has 136 valence electrons. The molecule has 7 heteroatoms. The van der Waals surface area contributed by atoms with Gasteiger partial charge in [-0.1, -0.05) is 11.6 Å². The number of hydrogen-bond donors (Lipinski definition) is 2. The second-order valence-electron chi connectivity index (χ2n) is 6.42. The molecule has 1 unspecified atom stereocenters. The predicted molar refractivity (Wildman–Crippen MR) is 108 cm³/mol. The molecule has 0 aliphatic carbocycles. The van der Waals surface area contributed by atoms with Crippen LogP contribution in [0.25, 0.3) is 22.2 Å². The van der Waals surface area contributed by atoms with Crippen molar-refractivity contribution in [3.05, 3.63) is 75.8 Å². The van der Waals surface area contributed by atoms with Crippen LogP contribution >= 0.6 is 11.6 Å². The number of aryl methyl sites for hydroxylation is 1. The standard InChI is InChI=1S/C20H18ClN5O/c1-12(16-10-14-9-15(21)3-4-17(14)25-20(16)27)24-19-11-13(5-7-22-19)18-6-8-23-26(18)2/h3-12H,1-2H3,(H,22,24)(H,25,27). The van der Waals surface area contributed by atoms with E-state index >= 15 is 0 Å². The van der Waals surface area contributed by atoms with Gasteiger partial charge in [-0.05, 0) is 49.4 Å². The molecule has 2 N–H and O–H groups in total. The van der Waals surface area contributed by atoms with E-state index in [1.54, 1.807) is 29.2 Å². The third kappa shape index (κ3) is 3.44. The molecule has 4 aromatic rings. The van der Waals surface area contributed by atoms with E-state index in [-0.39, 0.29) is 11.6 Å². The molecule has 0 saturated heterocycles. The van der Waals surface area contributed by atoms with E-state index in [0.717, 1.165) is 22.2 Å². The fourth-order valence-electron chi connectivity index (χ4n) is 3.14. The quantitative estimate of drug-likeness (QED) is 0.558. The highest BCUT2D eigenvalue weighted by Gasteiger charge is 2.13. The number of aromatic nitrogens is 4. The highest BCUT2D eigenvalue weighted by Crippen LogP contribution is 2.24. The lowest BCUT2D eigenvalue weighted by molar-refractivity contribution is 0.775. The summed E-state index contributed by atoms with van der Waals surface area (Å²) in [6.45, 7) is 1.93. The first-order chi connectivity index (χ1) is 13.0. The smallest absolute Gasteiger partial charge is 0.253 e. The van der Waals surface area contributed by atoms with Gasteiger partial charge in [0.2, 0.25) is 0 Å². The Hall–Kier alpha value is -3.12. The van der Waals surface area contributed by atoms with Crippen molar-refractivity contribution in [2.75, 3.05) is 5.32 Å². The van der Waals surface area contributed by atoms with E-state index in [0.29, 0.717) is 16.4 Å². The summed E-state index contributed by atoms with van der Waals surface area (Å²) in [5.41, 5.74) is 3.24. The zero-order valence-corrected chi connectivity index (χ0v) is 15.7. The van der Waals surface area contributed by atoms with Crippen LogP contribution in [0.3, 0.4) is 0 Å². The highest BCUT2D eigenvalue weighted by atomic mass is 35.5. The van der Waals surface area contributed by atoms with Crippen LogP contribution < -0.4 is 10.9 Å². The van der Waals surface area contributed by atoms with Crippen molar-refractivity contribution in [3.63, 3.8) is 0 Å². The minimum Gasteiger partial charge on any atom is -0.363 e. The molecule has 0 fully saturated rings. The van der Waals surface area contributed by atoms with Crippen molar-refractivity contribution in [1.29, 1.82) is 0 Å². The van der Waals surface area contributed by atoms with Gasteiger partial charge in [0.1, 0.15) is 5.82 Å². The van der Waals surface area contributed by atoms with Crippen LogP contribution in [0.5, 0.6) is 0 Å². The summed E-state index contributed by atoms with van der Waals surface area (Å²) in [7, 11) is 1.89. The van der Waals surface area contributed by atoms with Crippen molar-refractivity contribution in [3.8, 4) is 11.3 Å². The Morgan fingerprint density at radius 2 is 2.00 bits per heavy atom. The first kappa shape index (κ1) is 17.3. The molecule has 6 nitrogen and oxygen atoms in total. The second-order valence-corrected chi connectivity index (χ2v) is 6.86. The Labute approximate surface area is 160 Å². The second kappa shape index (κ2) is 6.89. The van der Waals surface area contributed by atoms with Gasteiger partial charge in [0, 0.05) is 46.5 Å². The fraction of sp³-hybridized carbons (Fsp3) is 0.150. The van der Waals surface area contributed by atoms with E-state index in [1.807, 2.05) is 44.3 Å². The van der Waals surface area contributed by atoms with Crippen LogP contribution in [0.1, 0.15) is 18.5 Å². The number of benzene rings is 1. The lowest BCUT2D eigenvalue weighted by atomic mass is 10.1. The van der Waals surface area contributed by atoms with Gasteiger partial charge in [-0.2, -0.15) is 5.10 Å². The number of nitrogens with zero attached hydrogens (tertiary/aromatic N) is 3. The lowest BCUT2D eigenvalue weighted by Crippen LogP contribution is -2.19. The average Bonchev–Trinajstić information content (AvgIpc) is 3.07. The average molecular weight is 380 g/mol. The molecule has 0 amide bonds. The molecule has 0 saturated carbocycles. The molecule has 3 aromatic heterocycles. The Balaban J connectivity index is 1.65. The van der Waals surface area contributed by atoms with Crippen molar-refractivity contribution < 1.29 is 0 Å². The van der Waals surface area contributed by atoms with Gasteiger partial charge in [0.05, 0.1) is 11.7 Å². The zero-order valence-electron chi connectivity index (χ0n) is 14.9. The van der Waals surface area contributed by atoms with E-state index in [1.165, 1.54) is 0 Å². The lowest BCUT2D eigenvalue weighted by Gasteiger charge is -2.15. The summed E-state index contributed by atoms with van der Waals surface area (Å²) in [6, 6.07) is 12.9. The number of pyridine rings is 2. The number of rotatable bonds is 4. The molecule has 1 aromatic carbocycles. The van der Waals surface area contributed by atoms with Gasteiger partial charge in [-0.25, -0.2) is 4.98 Å². The SMILES string of the molecule is CC(Nc1cc(-c2ccnn2C)ccn1)c1cc2cc(Cl)ccc2[nH]c1=O. The largest absolute Gasteiger partial charge is 0.363 e. The molecule has 4 rings (SSSR count). The van der Waals surface area contributed by atoms with E-state index in [9.17, 15) is 4.79 Å². The maximum absolute atomic E-state index is 12.5. The summed E-state index contributed by atoms with van der Waals surface area (Å²) in [5.74, 6) is 0.687. The van der Waals surface area contributed by atoms with E-state index < -0.39 is 0 Å². The summed E-state index contributed by atoms with van der Waals surface area (Å²) in [6.07, 6.45) is 3.49. The molecule has 3 heterocycles. The fourth-order valence-corrected chi connectivity index (χ4v) is 3.32. The molecule has 0 spiro atoms. The van der Waals surface area contributed by atoms with Crippen LogP contribution in [0, 0.1) is 0 Å². The number of nitrogens with one attached hydrogen (secondary N) is 2. The topological polar surface area (TPSA) is 75.6 Å². The van der Waals surface area contributed by atoms with Crippen molar-refractivity contribution in [2.45, 2.75) is 13.0 Å². The third-order valence-corrected chi connectivity index (χ3v) is 4.78. The number of aromatic amines is 1. The predicted octanol–water partition coefficient (Wildman–Crippen LogP) is 4.15. The minimum atomic E-state index is -0.230. The van der Waals surface area contributed by atoms with Crippen molar-refractivity contribution >= 4 is 28.3 Å². The normalized spacial score (nSPS) is 12.3. The number of H-pyrrole nitrogens is 1. The third-order valence-electron chi connectivity index (χ3n) is 4.54. The van der Waals surface area contributed by atoms with Gasteiger partial charge < -0.3 is 10.3 Å². The molecule has 0 aliphatic rings. The van der Waals surface area contributed by atoms with Crippen LogP contribution in [0.15, 0.2) is 59.7 Å². The minimum absolute atomic E-state index is 0.132. The maximum Gasteiger partial charge on any atom is 0.253 e. The number of fused-ring (bicyclic) bond motifs is 1. The number of hydrogen-bond acceptors (Lipinski definition) is 4. The van der Waals surface area contributed by atoms with Crippen LogP contribution in [0.4, 0.5) is 5.82 Å². The first-order valence-electron chi connectivity index (χ1n) is 8.55. The van der Waals surface area contributed by atoms with Gasteiger partial charge in [0.15, 0.2) is 0 Å². The zero-order chi connectivity index (χ0) is 19.0. The van der Waals surface area contributed by atoms with Gasteiger partial charge in [-0.3, -0.25) is 9.48 Å². The Kier molecular flexibility index (Phi) is 4.41. The summed E-state index contributed by atoms with van der Waals surface area (Å²) in [5, 5.41) is 9.03. The molecule has 1 atom stereocenters. The van der Waals surface area contributed by atoms with E-state index in [4.69, 9.17) is 11.6 Å². The Bertz CT molecular complexity index is 1180. The number of halogens is 1. The number of anilines is 1. The van der Waals surface area contributed by atoms with Crippen LogP contribution in [-0.2, 0) is 7.05 Å². The van der Waals surface area contributed by atoms with Crippen molar-refractivity contribution in [1.82, 2.24) is 19.7 Å². The molecule has 27 heavy (non-hydrogen) atoms. The summed E-state index contributed by atoms with van der Waals surface area (Å²) in [4.78, 5) is 19.8. The van der Waals surface area contributed by atoms with Gasteiger partial charge in [0.25, 0.3) is 5.56 Å². The molecule has 0 radical (unpaired) electrons. The molecular formula is C20H18ClN5O. The van der Waals surface area contributed by atoms with Crippen LogP contribution in [-0.4, -0.2) is 19.7 Å². The van der Waals surface area contributed by atoms with E-state index in [2.05, 4.69) is 20.4 Å². The summed E-state index contributed by atoms with van der Waals surface area (Å²) >= 11 is 6.07. The molecule has 0 aliphatic heterocycles. The highest BCUT2D eigenvalue weighted by molar-refractivity contribution is 6.31. The van der Waals surface area contributed by atoms with Gasteiger partial charge in [-0.15, -0.1) is 0 Å². The first-order valence-corrected chi connectivity index (χ1v) is 8.92. The maximum atomic E-state index is 12.5. The van der Waals surface area contributed by atoms with Crippen LogP contribution in [0.2, 0.25) is 5.02 Å². The van der Waals surface area contributed by atoms with Gasteiger partial charge >= 0.3 is 0 Å². The van der Waals surface area contributed by atoms with Crippen molar-refractivity contribution in [2.24, 2.45) is 7.05 Å². The Morgan fingerprint density at radius 3 is 2.78 bits per heavy atom. The molecule has 0 bridgehead atoms.